The van der Waals surface area contributed by atoms with Crippen molar-refractivity contribution >= 4 is 39.5 Å². The number of unbranched alkanes of at least 4 members (excludes halogenated alkanes) is 29. The molecule has 0 aliphatic heterocycles. The van der Waals surface area contributed by atoms with Gasteiger partial charge in [-0.2, -0.15) is 0 Å². The van der Waals surface area contributed by atoms with Crippen LogP contribution in [-0.4, -0.2) is 96.7 Å². The van der Waals surface area contributed by atoms with Gasteiger partial charge in [-0.3, -0.25) is 37.3 Å². The Bertz CT molecular complexity index is 1720. The van der Waals surface area contributed by atoms with Gasteiger partial charge in [-0.05, 0) is 49.4 Å². The van der Waals surface area contributed by atoms with Crippen molar-refractivity contribution in [2.45, 2.75) is 343 Å². The summed E-state index contributed by atoms with van der Waals surface area (Å²) in [5.41, 5.74) is 0. The van der Waals surface area contributed by atoms with Crippen molar-refractivity contribution in [3.63, 3.8) is 0 Å². The van der Waals surface area contributed by atoms with Crippen LogP contribution in [0.4, 0.5) is 0 Å². The van der Waals surface area contributed by atoms with Crippen LogP contribution in [-0.2, 0) is 65.4 Å². The SMILES string of the molecule is CCC(C)CCCCCCCCCCC(=O)O[C@H](COC(=O)CCCCCCCCC(C)C)COP(=O)(O)OCC(O)COP(=O)(O)OC[C@@H](COC(=O)CCCCCCCCCCC(C)C)OC(=O)CCCCCCCCCCCCCC(C)C. The summed E-state index contributed by atoms with van der Waals surface area (Å²) in [6.07, 6.45) is 37.7. The zero-order valence-electron chi connectivity index (χ0n) is 55.9. The average molecular weight is 1270 g/mol. The van der Waals surface area contributed by atoms with Crippen LogP contribution in [0.2, 0.25) is 0 Å². The first kappa shape index (κ1) is 84.1. The zero-order valence-corrected chi connectivity index (χ0v) is 57.7. The summed E-state index contributed by atoms with van der Waals surface area (Å²) in [5.74, 6) is 0.804. The maximum absolute atomic E-state index is 13.0. The zero-order chi connectivity index (χ0) is 63.9. The Labute approximate surface area is 524 Å². The first-order chi connectivity index (χ1) is 41.1. The van der Waals surface area contributed by atoms with E-state index in [0.29, 0.717) is 31.6 Å². The molecule has 17 nitrogen and oxygen atoms in total. The topological polar surface area (TPSA) is 237 Å². The van der Waals surface area contributed by atoms with Gasteiger partial charge in [-0.15, -0.1) is 0 Å². The van der Waals surface area contributed by atoms with Gasteiger partial charge in [0.05, 0.1) is 26.4 Å². The van der Waals surface area contributed by atoms with Gasteiger partial charge < -0.3 is 33.8 Å². The molecule has 0 aromatic heterocycles. The number of phosphoric ester groups is 2. The predicted molar refractivity (Wildman–Crippen MR) is 344 cm³/mol. The molecule has 0 radical (unpaired) electrons. The number of phosphoric acid groups is 2. The monoisotopic (exact) mass is 1270 g/mol. The molecule has 0 aromatic rings. The Morgan fingerprint density at radius 1 is 0.326 bits per heavy atom. The van der Waals surface area contributed by atoms with Crippen LogP contribution in [0, 0.1) is 23.7 Å². The Hall–Kier alpha value is -1.94. The molecule has 510 valence electrons. The number of hydrogen-bond acceptors (Lipinski definition) is 15. The molecule has 0 bridgehead atoms. The van der Waals surface area contributed by atoms with Crippen LogP contribution in [0.3, 0.4) is 0 Å². The van der Waals surface area contributed by atoms with E-state index in [0.717, 1.165) is 114 Å². The Morgan fingerprint density at radius 3 is 0.826 bits per heavy atom. The van der Waals surface area contributed by atoms with Gasteiger partial charge in [-0.25, -0.2) is 9.13 Å². The van der Waals surface area contributed by atoms with Crippen molar-refractivity contribution in [1.82, 2.24) is 0 Å². The second-order valence-electron chi connectivity index (χ2n) is 25.9. The fourth-order valence-corrected chi connectivity index (χ4v) is 11.5. The third-order valence-corrected chi connectivity index (χ3v) is 17.6. The van der Waals surface area contributed by atoms with Gasteiger partial charge in [0.25, 0.3) is 0 Å². The molecule has 19 heteroatoms. The van der Waals surface area contributed by atoms with Crippen molar-refractivity contribution in [2.75, 3.05) is 39.6 Å². The summed E-state index contributed by atoms with van der Waals surface area (Å²) >= 11 is 0. The van der Waals surface area contributed by atoms with Crippen LogP contribution in [0.5, 0.6) is 0 Å². The lowest BCUT2D eigenvalue weighted by Crippen LogP contribution is -2.30. The molecular weight excluding hydrogens is 1140 g/mol. The maximum atomic E-state index is 13.0. The summed E-state index contributed by atoms with van der Waals surface area (Å²) in [6, 6.07) is 0. The number of hydrogen-bond donors (Lipinski definition) is 3. The molecule has 0 aliphatic carbocycles. The van der Waals surface area contributed by atoms with Crippen LogP contribution >= 0.6 is 15.6 Å². The smallest absolute Gasteiger partial charge is 0.462 e. The van der Waals surface area contributed by atoms with Crippen LogP contribution in [0.1, 0.15) is 325 Å². The second kappa shape index (κ2) is 57.0. The van der Waals surface area contributed by atoms with E-state index in [4.69, 9.17) is 37.0 Å². The highest BCUT2D eigenvalue weighted by Gasteiger charge is 2.30. The first-order valence-corrected chi connectivity index (χ1v) is 37.7. The fraction of sp³-hybridized carbons (Fsp3) is 0.940. The minimum atomic E-state index is -4.95. The Kier molecular flexibility index (Phi) is 55.7. The van der Waals surface area contributed by atoms with E-state index in [1.807, 2.05) is 0 Å². The molecule has 0 amide bonds. The van der Waals surface area contributed by atoms with Crippen molar-refractivity contribution in [1.29, 1.82) is 0 Å². The van der Waals surface area contributed by atoms with Crippen molar-refractivity contribution in [2.24, 2.45) is 23.7 Å². The molecule has 0 aliphatic rings. The fourth-order valence-electron chi connectivity index (χ4n) is 9.93. The normalized spacial score (nSPS) is 14.7. The van der Waals surface area contributed by atoms with Gasteiger partial charge in [0, 0.05) is 25.7 Å². The number of ether oxygens (including phenoxy) is 4. The number of aliphatic hydroxyl groups is 1. The summed E-state index contributed by atoms with van der Waals surface area (Å²) in [6.45, 7) is 14.0. The molecule has 4 unspecified atom stereocenters. The van der Waals surface area contributed by atoms with Gasteiger partial charge in [-0.1, -0.05) is 274 Å². The number of carbonyl (C=O) groups is 4. The Morgan fingerprint density at radius 2 is 0.558 bits per heavy atom. The summed E-state index contributed by atoms with van der Waals surface area (Å²) in [4.78, 5) is 72.4. The molecule has 3 N–H and O–H groups in total. The Balaban J connectivity index is 5.26. The molecule has 0 saturated heterocycles. The lowest BCUT2D eigenvalue weighted by Gasteiger charge is -2.21. The minimum absolute atomic E-state index is 0.103. The summed E-state index contributed by atoms with van der Waals surface area (Å²) in [5, 5.41) is 10.6. The number of carbonyl (C=O) groups excluding carboxylic acids is 4. The van der Waals surface area contributed by atoms with E-state index >= 15 is 0 Å². The standard InChI is InChI=1S/C67H130O17P2/c1-9-60(8)46-38-30-21-16-18-24-34-42-50-67(72)84-63(54-78-65(70)48-40-32-26-25-29-37-45-59(6)7)56-82-86(75,76)80-52-61(68)51-79-85(73,74)81-55-62(53-77-64(69)47-39-31-22-17-15-20-28-36-44-58(4)5)83-66(71)49-41-33-23-14-12-10-11-13-19-27-35-43-57(2)3/h57-63,68H,9-56H2,1-8H3,(H,73,74)(H,75,76)/t60?,61?,62-,63-/m1/s1. The first-order valence-electron chi connectivity index (χ1n) is 34.7. The van der Waals surface area contributed by atoms with Crippen LogP contribution < -0.4 is 0 Å². The maximum Gasteiger partial charge on any atom is 0.472 e. The molecular formula is C67H130O17P2. The lowest BCUT2D eigenvalue weighted by atomic mass is 9.99. The van der Waals surface area contributed by atoms with E-state index in [2.05, 4.69) is 55.4 Å². The molecule has 0 rings (SSSR count). The average Bonchev–Trinajstić information content (AvgIpc) is 3.65. The largest absolute Gasteiger partial charge is 0.472 e. The molecule has 0 heterocycles. The van der Waals surface area contributed by atoms with Crippen molar-refractivity contribution in [3.05, 3.63) is 0 Å². The molecule has 0 saturated carbocycles. The highest BCUT2D eigenvalue weighted by molar-refractivity contribution is 7.47. The van der Waals surface area contributed by atoms with Crippen molar-refractivity contribution < 1.29 is 80.2 Å². The van der Waals surface area contributed by atoms with Gasteiger partial charge >= 0.3 is 39.5 Å². The minimum Gasteiger partial charge on any atom is -0.462 e. The third kappa shape index (κ3) is 59.7. The molecule has 0 fully saturated rings. The van der Waals surface area contributed by atoms with Crippen LogP contribution in [0.15, 0.2) is 0 Å². The highest BCUT2D eigenvalue weighted by atomic mass is 31.2. The molecule has 6 atom stereocenters. The molecule has 0 spiro atoms. The van der Waals surface area contributed by atoms with Crippen molar-refractivity contribution in [3.8, 4) is 0 Å². The number of esters is 4. The van der Waals surface area contributed by atoms with E-state index in [-0.39, 0.29) is 25.7 Å². The third-order valence-electron chi connectivity index (χ3n) is 15.7. The second-order valence-corrected chi connectivity index (χ2v) is 28.8. The number of aliphatic hydroxyl groups excluding tert-OH is 1. The van der Waals surface area contributed by atoms with Gasteiger partial charge in [0.1, 0.15) is 19.3 Å². The highest BCUT2D eigenvalue weighted by Crippen LogP contribution is 2.45. The quantitative estimate of drug-likeness (QED) is 0.0222. The summed E-state index contributed by atoms with van der Waals surface area (Å²) < 4.78 is 68.1. The van der Waals surface area contributed by atoms with E-state index in [9.17, 15) is 43.2 Å². The molecule has 86 heavy (non-hydrogen) atoms. The van der Waals surface area contributed by atoms with E-state index in [1.165, 1.54) is 122 Å². The molecule has 0 aromatic carbocycles. The van der Waals surface area contributed by atoms with Crippen LogP contribution in [0.25, 0.3) is 0 Å². The predicted octanol–water partition coefficient (Wildman–Crippen LogP) is 18.5. The summed E-state index contributed by atoms with van der Waals surface area (Å²) in [7, 11) is -9.90. The van der Waals surface area contributed by atoms with Gasteiger partial charge in [0.2, 0.25) is 0 Å². The van der Waals surface area contributed by atoms with Gasteiger partial charge in [0.15, 0.2) is 12.2 Å². The van der Waals surface area contributed by atoms with E-state index < -0.39 is 97.5 Å². The lowest BCUT2D eigenvalue weighted by molar-refractivity contribution is -0.161. The number of rotatable bonds is 64. The van der Waals surface area contributed by atoms with E-state index in [1.54, 1.807) is 0 Å².